The molecule has 2 aliphatic rings. The van der Waals surface area contributed by atoms with Crippen LogP contribution >= 0.6 is 0 Å². The van der Waals surface area contributed by atoms with Crippen molar-refractivity contribution in [3.8, 4) is 0 Å². The van der Waals surface area contributed by atoms with Gasteiger partial charge in [-0.25, -0.2) is 18.3 Å². The third-order valence-corrected chi connectivity index (χ3v) is 7.51. The van der Waals surface area contributed by atoms with Crippen molar-refractivity contribution in [1.29, 1.82) is 0 Å². The minimum Gasteiger partial charge on any atom is -0.381 e. The third kappa shape index (κ3) is 4.22. The molecule has 0 spiro atoms. The van der Waals surface area contributed by atoms with Crippen LogP contribution in [-0.4, -0.2) is 31.7 Å². The van der Waals surface area contributed by atoms with E-state index in [4.69, 9.17) is 9.72 Å². The van der Waals surface area contributed by atoms with Crippen LogP contribution in [0.1, 0.15) is 82.8 Å². The molecule has 0 radical (unpaired) electrons. The second kappa shape index (κ2) is 8.13. The topological polar surface area (TPSA) is 73.2 Å². The van der Waals surface area contributed by atoms with E-state index < -0.39 is 27.6 Å². The van der Waals surface area contributed by atoms with E-state index in [2.05, 4.69) is 4.72 Å². The van der Waals surface area contributed by atoms with Gasteiger partial charge in [0.05, 0.1) is 26.6 Å². The van der Waals surface area contributed by atoms with Gasteiger partial charge in [0.15, 0.2) is 0 Å². The van der Waals surface area contributed by atoms with Crippen molar-refractivity contribution >= 4 is 21.9 Å². The molecule has 2 aromatic rings. The maximum Gasteiger partial charge on any atom is 0.261 e. The largest absolute Gasteiger partial charge is 0.381 e. The second-order valence-electron chi connectivity index (χ2n) is 9.37. The quantitative estimate of drug-likeness (QED) is 0.774. The van der Waals surface area contributed by atoms with Crippen molar-refractivity contribution in [1.82, 2.24) is 14.3 Å². The van der Waals surface area contributed by atoms with Gasteiger partial charge in [0.25, 0.3) is 5.56 Å². The highest BCUT2D eigenvalue weighted by molar-refractivity contribution is 7.84. The second-order valence-corrected chi connectivity index (χ2v) is 11.4. The third-order valence-electron chi connectivity index (χ3n) is 5.83. The Morgan fingerprint density at radius 1 is 1.23 bits per heavy atom. The molecule has 2 fully saturated rings. The molecular weight excluding hydrogens is 405 g/mol. The van der Waals surface area contributed by atoms with E-state index in [0.717, 1.165) is 31.5 Å². The van der Waals surface area contributed by atoms with Gasteiger partial charge in [-0.05, 0) is 71.1 Å². The Hall–Kier alpha value is -1.64. The summed E-state index contributed by atoms with van der Waals surface area (Å²) >= 11 is 0. The number of rotatable bonds is 5. The number of halogens is 1. The monoisotopic (exact) mass is 435 g/mol. The zero-order valence-electron chi connectivity index (χ0n) is 18.0. The SMILES string of the molecule is C[C@@H](N[S@](=O)C(C)(C)C)c1cc(F)cc2c(=O)n(C3CC3)c(C3CCOCC3)nc12. The van der Waals surface area contributed by atoms with Crippen LogP contribution in [0.25, 0.3) is 10.9 Å². The lowest BCUT2D eigenvalue weighted by atomic mass is 9.97. The normalized spacial score (nSPS) is 20.4. The van der Waals surface area contributed by atoms with Crippen molar-refractivity contribution in [2.45, 2.75) is 76.1 Å². The molecule has 1 aliphatic heterocycles. The average molecular weight is 436 g/mol. The highest BCUT2D eigenvalue weighted by Gasteiger charge is 2.33. The summed E-state index contributed by atoms with van der Waals surface area (Å²) in [5, 5.41) is 0.294. The summed E-state index contributed by atoms with van der Waals surface area (Å²) in [6.45, 7) is 8.77. The average Bonchev–Trinajstić information content (AvgIpc) is 3.52. The summed E-state index contributed by atoms with van der Waals surface area (Å²) < 4.78 is 37.0. The predicted molar refractivity (Wildman–Crippen MR) is 116 cm³/mol. The van der Waals surface area contributed by atoms with Crippen molar-refractivity contribution in [3.63, 3.8) is 0 Å². The van der Waals surface area contributed by atoms with Crippen LogP contribution in [0.4, 0.5) is 4.39 Å². The Morgan fingerprint density at radius 3 is 2.50 bits per heavy atom. The number of nitrogens with zero attached hydrogens (tertiary/aromatic N) is 2. The number of fused-ring (bicyclic) bond motifs is 1. The minimum atomic E-state index is -1.33. The number of ether oxygens (including phenoxy) is 1. The van der Waals surface area contributed by atoms with Crippen molar-refractivity contribution in [2.75, 3.05) is 13.2 Å². The van der Waals surface area contributed by atoms with E-state index >= 15 is 0 Å². The van der Waals surface area contributed by atoms with Gasteiger partial charge in [0.1, 0.15) is 11.6 Å². The fourth-order valence-electron chi connectivity index (χ4n) is 3.97. The van der Waals surface area contributed by atoms with Crippen LogP contribution in [-0.2, 0) is 15.7 Å². The van der Waals surface area contributed by atoms with Crippen LogP contribution in [0.2, 0.25) is 0 Å². The zero-order valence-corrected chi connectivity index (χ0v) is 18.9. The molecule has 2 heterocycles. The molecule has 1 aliphatic carbocycles. The highest BCUT2D eigenvalue weighted by atomic mass is 32.2. The fraction of sp³-hybridized carbons (Fsp3) is 0.636. The van der Waals surface area contributed by atoms with E-state index in [0.29, 0.717) is 29.7 Å². The van der Waals surface area contributed by atoms with Gasteiger partial charge < -0.3 is 4.74 Å². The van der Waals surface area contributed by atoms with Crippen LogP contribution in [0.3, 0.4) is 0 Å². The number of benzene rings is 1. The fourth-order valence-corrected chi connectivity index (χ4v) is 4.77. The van der Waals surface area contributed by atoms with Gasteiger partial charge in [-0.2, -0.15) is 0 Å². The van der Waals surface area contributed by atoms with Crippen LogP contribution < -0.4 is 10.3 Å². The molecule has 1 saturated heterocycles. The first-order chi connectivity index (χ1) is 14.2. The van der Waals surface area contributed by atoms with Crippen LogP contribution in [0, 0.1) is 5.82 Å². The van der Waals surface area contributed by atoms with Gasteiger partial charge in [-0.15, -0.1) is 0 Å². The predicted octanol–water partition coefficient (Wildman–Crippen LogP) is 3.88. The molecule has 2 atom stereocenters. The van der Waals surface area contributed by atoms with Crippen LogP contribution in [0.15, 0.2) is 16.9 Å². The Morgan fingerprint density at radius 2 is 1.90 bits per heavy atom. The summed E-state index contributed by atoms with van der Waals surface area (Å²) in [6, 6.07) is 2.42. The molecule has 1 aromatic carbocycles. The van der Waals surface area contributed by atoms with Gasteiger partial charge >= 0.3 is 0 Å². The summed E-state index contributed by atoms with van der Waals surface area (Å²) in [7, 11) is -1.33. The summed E-state index contributed by atoms with van der Waals surface area (Å²) in [6.07, 6.45) is 3.55. The number of nitrogens with one attached hydrogen (secondary N) is 1. The molecule has 1 N–H and O–H groups in total. The number of hydrogen-bond acceptors (Lipinski definition) is 4. The van der Waals surface area contributed by atoms with E-state index in [1.807, 2.05) is 27.7 Å². The van der Waals surface area contributed by atoms with E-state index in [1.165, 1.54) is 12.1 Å². The van der Waals surface area contributed by atoms with Gasteiger partial charge in [-0.1, -0.05) is 0 Å². The first-order valence-corrected chi connectivity index (χ1v) is 11.8. The van der Waals surface area contributed by atoms with E-state index in [1.54, 1.807) is 4.57 Å². The molecule has 6 nitrogen and oxygen atoms in total. The lowest BCUT2D eigenvalue weighted by Gasteiger charge is -2.26. The molecule has 30 heavy (non-hydrogen) atoms. The lowest BCUT2D eigenvalue weighted by molar-refractivity contribution is 0.0825. The summed E-state index contributed by atoms with van der Waals surface area (Å²) in [4.78, 5) is 18.4. The van der Waals surface area contributed by atoms with E-state index in [9.17, 15) is 13.4 Å². The van der Waals surface area contributed by atoms with Gasteiger partial charge in [-0.3, -0.25) is 9.36 Å². The molecule has 0 unspecified atom stereocenters. The van der Waals surface area contributed by atoms with Crippen molar-refractivity contribution in [2.24, 2.45) is 0 Å². The molecule has 0 bridgehead atoms. The van der Waals surface area contributed by atoms with Crippen molar-refractivity contribution in [3.05, 3.63) is 39.7 Å². The Bertz CT molecular complexity index is 1040. The number of aromatic nitrogens is 2. The first kappa shape index (κ1) is 21.6. The molecule has 8 heteroatoms. The van der Waals surface area contributed by atoms with Gasteiger partial charge in [0, 0.05) is 31.2 Å². The smallest absolute Gasteiger partial charge is 0.261 e. The first-order valence-electron chi connectivity index (χ1n) is 10.7. The maximum atomic E-state index is 14.5. The van der Waals surface area contributed by atoms with Crippen LogP contribution in [0.5, 0.6) is 0 Å². The molecule has 0 amide bonds. The molecule has 164 valence electrons. The molecular formula is C22H30FN3O3S. The standard InChI is InChI=1S/C22H30FN3O3S/c1-13(25-30(28)22(2,3)4)17-11-15(23)12-18-19(17)24-20(14-7-9-29-10-8-14)26(21(18)27)16-5-6-16/h11-14,16,25H,5-10H2,1-4H3/t13-,30-/m1/s1. The Labute approximate surface area is 178 Å². The lowest BCUT2D eigenvalue weighted by Crippen LogP contribution is -2.35. The summed E-state index contributed by atoms with van der Waals surface area (Å²) in [5.74, 6) is 0.462. The minimum absolute atomic E-state index is 0.154. The Balaban J connectivity index is 1.86. The maximum absolute atomic E-state index is 14.5. The highest BCUT2D eigenvalue weighted by Crippen LogP contribution is 2.38. The van der Waals surface area contributed by atoms with Crippen molar-refractivity contribution < 1.29 is 13.3 Å². The van der Waals surface area contributed by atoms with Gasteiger partial charge in [0.2, 0.25) is 0 Å². The molecule has 1 saturated carbocycles. The van der Waals surface area contributed by atoms with E-state index in [-0.39, 0.29) is 17.5 Å². The number of hydrogen-bond donors (Lipinski definition) is 1. The Kier molecular flexibility index (Phi) is 5.85. The zero-order chi connectivity index (χ0) is 21.6. The molecule has 1 aromatic heterocycles. The molecule has 4 rings (SSSR count). The summed E-state index contributed by atoms with van der Waals surface area (Å²) in [5.41, 5.74) is 0.899.